The number of nitrogens with two attached hydrogens (primary N) is 1. The second kappa shape index (κ2) is 7.24. The summed E-state index contributed by atoms with van der Waals surface area (Å²) in [6.07, 6.45) is 1.51. The van der Waals surface area contributed by atoms with Crippen molar-refractivity contribution in [3.63, 3.8) is 0 Å². The fourth-order valence-electron chi connectivity index (χ4n) is 1.98. The lowest BCUT2D eigenvalue weighted by Gasteiger charge is -2.03. The number of hydrogen-bond donors (Lipinski definition) is 1. The Morgan fingerprint density at radius 1 is 1.19 bits per heavy atom. The summed E-state index contributed by atoms with van der Waals surface area (Å²) in [5, 5.41) is 2.70. The lowest BCUT2D eigenvalue weighted by Crippen LogP contribution is -2.13. The first-order valence-corrected chi connectivity index (χ1v) is 7.71. The van der Waals surface area contributed by atoms with Crippen molar-refractivity contribution in [1.29, 1.82) is 0 Å². The molecule has 5 heteroatoms. The molecule has 1 heterocycles. The van der Waals surface area contributed by atoms with Gasteiger partial charge in [-0.2, -0.15) is 0 Å². The number of carbonyl (C=O) groups excluding carboxylic acids is 2. The van der Waals surface area contributed by atoms with Crippen LogP contribution >= 0.6 is 11.3 Å². The number of rotatable bonds is 7. The third-order valence-corrected chi connectivity index (χ3v) is 3.99. The SMILES string of the molecule is Cc1nc(C(=O)Cc2ccc(CCC(=O)CN)cc2)cs1. The molecular formula is C16H18N2O2S. The fourth-order valence-corrected chi connectivity index (χ4v) is 2.59. The summed E-state index contributed by atoms with van der Waals surface area (Å²) in [6, 6.07) is 7.77. The van der Waals surface area contributed by atoms with Gasteiger partial charge in [0.1, 0.15) is 11.5 Å². The van der Waals surface area contributed by atoms with Gasteiger partial charge in [0.2, 0.25) is 0 Å². The number of hydrogen-bond acceptors (Lipinski definition) is 5. The molecule has 2 rings (SSSR count). The highest BCUT2D eigenvalue weighted by atomic mass is 32.1. The van der Waals surface area contributed by atoms with Crippen LogP contribution in [0.4, 0.5) is 0 Å². The molecule has 0 aliphatic carbocycles. The number of nitrogens with zero attached hydrogens (tertiary/aromatic N) is 1. The number of aromatic nitrogens is 1. The minimum Gasteiger partial charge on any atom is -0.324 e. The zero-order chi connectivity index (χ0) is 15.2. The lowest BCUT2D eigenvalue weighted by atomic mass is 10.0. The first kappa shape index (κ1) is 15.5. The molecule has 0 radical (unpaired) electrons. The van der Waals surface area contributed by atoms with E-state index < -0.39 is 0 Å². The monoisotopic (exact) mass is 302 g/mol. The number of aryl methyl sites for hydroxylation is 2. The Kier molecular flexibility index (Phi) is 5.36. The first-order chi connectivity index (χ1) is 10.1. The van der Waals surface area contributed by atoms with Gasteiger partial charge in [-0.05, 0) is 24.5 Å². The summed E-state index contributed by atoms with van der Waals surface area (Å²) in [5.74, 6) is 0.0959. The maximum Gasteiger partial charge on any atom is 0.186 e. The van der Waals surface area contributed by atoms with E-state index >= 15 is 0 Å². The summed E-state index contributed by atoms with van der Waals surface area (Å²) >= 11 is 1.48. The summed E-state index contributed by atoms with van der Waals surface area (Å²) in [5.41, 5.74) is 7.86. The van der Waals surface area contributed by atoms with E-state index in [1.165, 1.54) is 11.3 Å². The van der Waals surface area contributed by atoms with Gasteiger partial charge in [0.05, 0.1) is 11.6 Å². The van der Waals surface area contributed by atoms with E-state index in [0.29, 0.717) is 25.0 Å². The van der Waals surface area contributed by atoms with E-state index in [-0.39, 0.29) is 18.1 Å². The van der Waals surface area contributed by atoms with E-state index in [4.69, 9.17) is 5.73 Å². The number of ketones is 2. The maximum absolute atomic E-state index is 12.1. The predicted molar refractivity (Wildman–Crippen MR) is 83.7 cm³/mol. The second-order valence-corrected chi connectivity index (χ2v) is 5.97. The molecule has 1 aromatic carbocycles. The molecule has 0 aliphatic rings. The fraction of sp³-hybridized carbons (Fsp3) is 0.312. The van der Waals surface area contributed by atoms with Crippen LogP contribution in [-0.2, 0) is 17.6 Å². The molecule has 2 aromatic rings. The van der Waals surface area contributed by atoms with E-state index in [9.17, 15) is 9.59 Å². The zero-order valence-corrected chi connectivity index (χ0v) is 12.8. The summed E-state index contributed by atoms with van der Waals surface area (Å²) in [4.78, 5) is 27.4. The van der Waals surface area contributed by atoms with Crippen molar-refractivity contribution in [3.8, 4) is 0 Å². The molecule has 0 saturated carbocycles. The van der Waals surface area contributed by atoms with Crippen LogP contribution in [-0.4, -0.2) is 23.1 Å². The Morgan fingerprint density at radius 2 is 1.86 bits per heavy atom. The van der Waals surface area contributed by atoms with Crippen LogP contribution in [0.25, 0.3) is 0 Å². The van der Waals surface area contributed by atoms with Gasteiger partial charge in [-0.3, -0.25) is 9.59 Å². The van der Waals surface area contributed by atoms with E-state index in [1.807, 2.05) is 31.2 Å². The van der Waals surface area contributed by atoms with Crippen LogP contribution in [0.2, 0.25) is 0 Å². The number of benzene rings is 1. The minimum absolute atomic E-state index is 0.0328. The molecule has 0 amide bonds. The average molecular weight is 302 g/mol. The Morgan fingerprint density at radius 3 is 2.43 bits per heavy atom. The van der Waals surface area contributed by atoms with Gasteiger partial charge < -0.3 is 5.73 Å². The van der Waals surface area contributed by atoms with E-state index in [2.05, 4.69) is 4.98 Å². The molecule has 4 nitrogen and oxygen atoms in total. The van der Waals surface area contributed by atoms with Crippen molar-refractivity contribution in [2.45, 2.75) is 26.2 Å². The quantitative estimate of drug-likeness (QED) is 0.797. The highest BCUT2D eigenvalue weighted by Crippen LogP contribution is 2.13. The van der Waals surface area contributed by atoms with Crippen molar-refractivity contribution >= 4 is 22.9 Å². The smallest absolute Gasteiger partial charge is 0.186 e. The largest absolute Gasteiger partial charge is 0.324 e. The Labute approximate surface area is 128 Å². The maximum atomic E-state index is 12.1. The van der Waals surface area contributed by atoms with Crippen molar-refractivity contribution in [2.75, 3.05) is 6.54 Å². The van der Waals surface area contributed by atoms with Gasteiger partial charge in [-0.25, -0.2) is 4.98 Å². The third kappa shape index (κ3) is 4.58. The molecule has 110 valence electrons. The van der Waals surface area contributed by atoms with Crippen LogP contribution in [0.3, 0.4) is 0 Å². The molecule has 2 N–H and O–H groups in total. The molecule has 0 bridgehead atoms. The first-order valence-electron chi connectivity index (χ1n) is 6.83. The highest BCUT2D eigenvalue weighted by Gasteiger charge is 2.10. The van der Waals surface area contributed by atoms with Gasteiger partial charge >= 0.3 is 0 Å². The Balaban J connectivity index is 1.93. The van der Waals surface area contributed by atoms with Crippen molar-refractivity contribution in [2.24, 2.45) is 5.73 Å². The van der Waals surface area contributed by atoms with E-state index in [0.717, 1.165) is 16.1 Å². The van der Waals surface area contributed by atoms with Gasteiger partial charge in [-0.15, -0.1) is 11.3 Å². The molecule has 0 spiro atoms. The Hall–Kier alpha value is -1.85. The van der Waals surface area contributed by atoms with Crippen LogP contribution < -0.4 is 5.73 Å². The van der Waals surface area contributed by atoms with Crippen LogP contribution in [0, 0.1) is 6.92 Å². The topological polar surface area (TPSA) is 73.0 Å². The Bertz CT molecular complexity index is 632. The van der Waals surface area contributed by atoms with Crippen LogP contribution in [0.15, 0.2) is 29.6 Å². The molecular weight excluding hydrogens is 284 g/mol. The average Bonchev–Trinajstić information content (AvgIpc) is 2.93. The van der Waals surface area contributed by atoms with Crippen molar-refractivity contribution in [1.82, 2.24) is 4.98 Å². The standard InChI is InChI=1S/C16H18N2O2S/c1-11-18-15(10-21-11)16(20)8-13-4-2-12(3-5-13)6-7-14(19)9-17/h2-5,10H,6-9,17H2,1H3. The molecule has 21 heavy (non-hydrogen) atoms. The normalized spacial score (nSPS) is 10.6. The molecule has 1 aromatic heterocycles. The van der Waals surface area contributed by atoms with Gasteiger partial charge in [0.15, 0.2) is 5.78 Å². The highest BCUT2D eigenvalue weighted by molar-refractivity contribution is 7.09. The van der Waals surface area contributed by atoms with Crippen molar-refractivity contribution < 1.29 is 9.59 Å². The lowest BCUT2D eigenvalue weighted by molar-refractivity contribution is -0.117. The predicted octanol–water partition coefficient (Wildman–Crippen LogP) is 2.34. The molecule has 0 aliphatic heterocycles. The minimum atomic E-state index is 0.0328. The zero-order valence-electron chi connectivity index (χ0n) is 12.0. The van der Waals surface area contributed by atoms with E-state index in [1.54, 1.807) is 5.38 Å². The van der Waals surface area contributed by atoms with Crippen LogP contribution in [0.1, 0.15) is 33.0 Å². The number of thiazole rings is 1. The second-order valence-electron chi connectivity index (χ2n) is 4.91. The summed E-state index contributed by atoms with van der Waals surface area (Å²) in [7, 11) is 0. The summed E-state index contributed by atoms with van der Waals surface area (Å²) in [6.45, 7) is 1.98. The van der Waals surface area contributed by atoms with Gasteiger partial charge in [0, 0.05) is 18.2 Å². The molecule has 0 saturated heterocycles. The number of Topliss-reactive ketones (excluding diaryl/α,β-unsaturated/α-hetero) is 2. The van der Waals surface area contributed by atoms with Gasteiger partial charge in [0.25, 0.3) is 0 Å². The number of carbonyl (C=O) groups is 2. The van der Waals surface area contributed by atoms with Crippen molar-refractivity contribution in [3.05, 3.63) is 51.5 Å². The van der Waals surface area contributed by atoms with Gasteiger partial charge in [-0.1, -0.05) is 24.3 Å². The summed E-state index contributed by atoms with van der Waals surface area (Å²) < 4.78 is 0. The molecule has 0 unspecified atom stereocenters. The molecule has 0 atom stereocenters. The van der Waals surface area contributed by atoms with Crippen LogP contribution in [0.5, 0.6) is 0 Å². The molecule has 0 fully saturated rings. The third-order valence-electron chi connectivity index (χ3n) is 3.21.